The summed E-state index contributed by atoms with van der Waals surface area (Å²) in [6.45, 7) is 1.52. The van der Waals surface area contributed by atoms with Crippen molar-refractivity contribution in [3.63, 3.8) is 0 Å². The van der Waals surface area contributed by atoms with Crippen LogP contribution in [0.1, 0.15) is 23.3 Å². The zero-order valence-electron chi connectivity index (χ0n) is 7.85. The van der Waals surface area contributed by atoms with Crippen LogP contribution in [0, 0.1) is 0 Å². The number of likely N-dealkylation sites (tertiary alicyclic amines) is 1. The van der Waals surface area contributed by atoms with Crippen molar-refractivity contribution in [1.29, 1.82) is 0 Å². The molecule has 1 saturated heterocycles. The molecule has 1 aliphatic rings. The van der Waals surface area contributed by atoms with Crippen molar-refractivity contribution in [2.45, 2.75) is 18.9 Å². The number of thiazole rings is 1. The van der Waals surface area contributed by atoms with Crippen LogP contribution in [0.3, 0.4) is 0 Å². The van der Waals surface area contributed by atoms with Gasteiger partial charge < -0.3 is 10.6 Å². The van der Waals surface area contributed by atoms with Gasteiger partial charge >= 0.3 is 0 Å². The van der Waals surface area contributed by atoms with Gasteiger partial charge in [0.25, 0.3) is 5.91 Å². The number of nitrogens with two attached hydrogens (primary N) is 1. The number of piperidine rings is 1. The Kier molecular flexibility index (Phi) is 2.79. The molecule has 0 spiro atoms. The highest BCUT2D eigenvalue weighted by Gasteiger charge is 2.22. The van der Waals surface area contributed by atoms with E-state index in [2.05, 4.69) is 4.98 Å². The second-order valence-corrected chi connectivity index (χ2v) is 4.22. The summed E-state index contributed by atoms with van der Waals surface area (Å²) in [4.78, 5) is 17.6. The van der Waals surface area contributed by atoms with Crippen molar-refractivity contribution in [1.82, 2.24) is 9.88 Å². The highest BCUT2D eigenvalue weighted by molar-refractivity contribution is 7.07. The smallest absolute Gasteiger partial charge is 0.273 e. The molecule has 1 amide bonds. The van der Waals surface area contributed by atoms with E-state index in [4.69, 9.17) is 5.73 Å². The lowest BCUT2D eigenvalue weighted by molar-refractivity contribution is 0.0709. The van der Waals surface area contributed by atoms with E-state index >= 15 is 0 Å². The Hall–Kier alpha value is -0.940. The topological polar surface area (TPSA) is 59.2 Å². The summed E-state index contributed by atoms with van der Waals surface area (Å²) in [5.41, 5.74) is 8.01. The maximum absolute atomic E-state index is 11.8. The normalized spacial score (nSPS) is 18.5. The van der Waals surface area contributed by atoms with E-state index in [0.717, 1.165) is 25.9 Å². The van der Waals surface area contributed by atoms with E-state index in [1.54, 1.807) is 10.9 Å². The molecule has 2 N–H and O–H groups in total. The molecule has 0 atom stereocenters. The summed E-state index contributed by atoms with van der Waals surface area (Å²) in [5, 5.41) is 1.79. The molecule has 5 heteroatoms. The fraction of sp³-hybridized carbons (Fsp3) is 0.556. The molecule has 0 radical (unpaired) electrons. The highest BCUT2D eigenvalue weighted by Crippen LogP contribution is 2.12. The SMILES string of the molecule is NC1CCN(C(=O)c2cscn2)CC1. The largest absolute Gasteiger partial charge is 0.337 e. The lowest BCUT2D eigenvalue weighted by Gasteiger charge is -2.29. The molecule has 1 aromatic heterocycles. The van der Waals surface area contributed by atoms with Gasteiger partial charge in [0.05, 0.1) is 5.51 Å². The minimum absolute atomic E-state index is 0.0400. The quantitative estimate of drug-likeness (QED) is 0.744. The van der Waals surface area contributed by atoms with Gasteiger partial charge in [-0.3, -0.25) is 4.79 Å². The molecule has 0 aromatic carbocycles. The summed E-state index contributed by atoms with van der Waals surface area (Å²) in [6, 6.07) is 0.259. The number of hydrogen-bond donors (Lipinski definition) is 1. The van der Waals surface area contributed by atoms with E-state index in [1.165, 1.54) is 11.3 Å². The Morgan fingerprint density at radius 1 is 1.57 bits per heavy atom. The van der Waals surface area contributed by atoms with Crippen molar-refractivity contribution in [2.75, 3.05) is 13.1 Å². The number of nitrogens with zero attached hydrogens (tertiary/aromatic N) is 2. The molecular weight excluding hydrogens is 198 g/mol. The number of carbonyl (C=O) groups excluding carboxylic acids is 1. The highest BCUT2D eigenvalue weighted by atomic mass is 32.1. The van der Waals surface area contributed by atoms with Gasteiger partial charge in [0, 0.05) is 24.5 Å². The third-order valence-corrected chi connectivity index (χ3v) is 3.06. The Balaban J connectivity index is 1.99. The molecule has 1 aliphatic heterocycles. The Morgan fingerprint density at radius 3 is 2.86 bits per heavy atom. The number of hydrogen-bond acceptors (Lipinski definition) is 4. The van der Waals surface area contributed by atoms with Crippen LogP contribution in [0.4, 0.5) is 0 Å². The number of carbonyl (C=O) groups is 1. The monoisotopic (exact) mass is 211 g/mol. The summed E-state index contributed by atoms with van der Waals surface area (Å²) in [7, 11) is 0. The van der Waals surface area contributed by atoms with Gasteiger partial charge in [-0.1, -0.05) is 0 Å². The molecule has 2 heterocycles. The molecule has 14 heavy (non-hydrogen) atoms. The number of amides is 1. The predicted molar refractivity (Wildman–Crippen MR) is 55.2 cm³/mol. The lowest BCUT2D eigenvalue weighted by Crippen LogP contribution is -2.42. The molecule has 1 aromatic rings. The van der Waals surface area contributed by atoms with Crippen molar-refractivity contribution in [2.24, 2.45) is 5.73 Å². The molecule has 4 nitrogen and oxygen atoms in total. The number of aromatic nitrogens is 1. The summed E-state index contributed by atoms with van der Waals surface area (Å²) in [5.74, 6) is 0.0400. The van der Waals surface area contributed by atoms with E-state index in [-0.39, 0.29) is 11.9 Å². The van der Waals surface area contributed by atoms with Crippen molar-refractivity contribution < 1.29 is 4.79 Å². The minimum atomic E-state index is 0.0400. The Labute approximate surface area is 86.7 Å². The van der Waals surface area contributed by atoms with Crippen molar-refractivity contribution in [3.8, 4) is 0 Å². The first-order valence-electron chi connectivity index (χ1n) is 4.70. The third-order valence-electron chi connectivity index (χ3n) is 2.48. The molecule has 76 valence electrons. The third kappa shape index (κ3) is 1.93. The van der Waals surface area contributed by atoms with Crippen LogP contribution in [0.15, 0.2) is 10.9 Å². The van der Waals surface area contributed by atoms with Crippen LogP contribution in [0.5, 0.6) is 0 Å². The molecule has 0 saturated carbocycles. The molecule has 0 aliphatic carbocycles. The second-order valence-electron chi connectivity index (χ2n) is 3.50. The Bertz CT molecular complexity index is 304. The predicted octanol–water partition coefficient (Wildman–Crippen LogP) is 0.706. The summed E-state index contributed by atoms with van der Waals surface area (Å²) in [6.07, 6.45) is 1.80. The van der Waals surface area contributed by atoms with Crippen LogP contribution in [-0.2, 0) is 0 Å². The van der Waals surface area contributed by atoms with Gasteiger partial charge in [-0.05, 0) is 12.8 Å². The zero-order chi connectivity index (χ0) is 9.97. The molecule has 0 bridgehead atoms. The fourth-order valence-electron chi connectivity index (χ4n) is 1.58. The molecule has 2 rings (SSSR count). The average molecular weight is 211 g/mol. The van der Waals surface area contributed by atoms with E-state index in [9.17, 15) is 4.79 Å². The van der Waals surface area contributed by atoms with E-state index in [0.29, 0.717) is 5.69 Å². The van der Waals surface area contributed by atoms with Gasteiger partial charge in [-0.25, -0.2) is 4.98 Å². The van der Waals surface area contributed by atoms with Gasteiger partial charge in [0.2, 0.25) is 0 Å². The van der Waals surface area contributed by atoms with Gasteiger partial charge in [0.15, 0.2) is 0 Å². The van der Waals surface area contributed by atoms with Gasteiger partial charge in [0.1, 0.15) is 5.69 Å². The maximum Gasteiger partial charge on any atom is 0.273 e. The molecule has 1 fully saturated rings. The first-order chi connectivity index (χ1) is 6.77. The number of rotatable bonds is 1. The van der Waals surface area contributed by atoms with Crippen LogP contribution in [0.2, 0.25) is 0 Å². The summed E-state index contributed by atoms with van der Waals surface area (Å²) >= 11 is 1.45. The van der Waals surface area contributed by atoms with Gasteiger partial charge in [-0.2, -0.15) is 0 Å². The van der Waals surface area contributed by atoms with Crippen LogP contribution >= 0.6 is 11.3 Å². The average Bonchev–Trinajstić information content (AvgIpc) is 2.71. The first-order valence-corrected chi connectivity index (χ1v) is 5.64. The minimum Gasteiger partial charge on any atom is -0.337 e. The Morgan fingerprint density at radius 2 is 2.29 bits per heavy atom. The van der Waals surface area contributed by atoms with E-state index < -0.39 is 0 Å². The van der Waals surface area contributed by atoms with Gasteiger partial charge in [-0.15, -0.1) is 11.3 Å². The molecule has 0 unspecified atom stereocenters. The van der Waals surface area contributed by atoms with Crippen LogP contribution < -0.4 is 5.73 Å². The lowest BCUT2D eigenvalue weighted by atomic mass is 10.1. The zero-order valence-corrected chi connectivity index (χ0v) is 8.67. The van der Waals surface area contributed by atoms with E-state index in [1.807, 2.05) is 4.90 Å². The van der Waals surface area contributed by atoms with Crippen molar-refractivity contribution in [3.05, 3.63) is 16.6 Å². The second kappa shape index (κ2) is 4.06. The fourth-order valence-corrected chi connectivity index (χ4v) is 2.11. The van der Waals surface area contributed by atoms with Crippen LogP contribution in [-0.4, -0.2) is 34.9 Å². The standard InChI is InChI=1S/C9H13N3OS/c10-7-1-3-12(4-2-7)9(13)8-5-14-6-11-8/h5-7H,1-4,10H2. The van der Waals surface area contributed by atoms with Crippen LogP contribution in [0.25, 0.3) is 0 Å². The van der Waals surface area contributed by atoms with Crippen molar-refractivity contribution >= 4 is 17.2 Å². The maximum atomic E-state index is 11.8. The summed E-state index contributed by atoms with van der Waals surface area (Å²) < 4.78 is 0. The molecular formula is C9H13N3OS. The first kappa shape index (κ1) is 9.61.